The fourth-order valence-electron chi connectivity index (χ4n) is 3.92. The Morgan fingerprint density at radius 2 is 1.92 bits per heavy atom. The molecule has 1 aliphatic carbocycles. The molecule has 1 aromatic carbocycles. The largest absolute Gasteiger partial charge is 0.323 e. The van der Waals surface area contributed by atoms with Crippen molar-refractivity contribution in [3.05, 3.63) is 55.4 Å². The number of benzene rings is 1. The highest BCUT2D eigenvalue weighted by Crippen LogP contribution is 2.42. The van der Waals surface area contributed by atoms with E-state index in [9.17, 15) is 4.79 Å². The molecule has 3 nitrogen and oxygen atoms in total. The molecule has 0 aliphatic heterocycles. The van der Waals surface area contributed by atoms with E-state index >= 15 is 0 Å². The third-order valence-corrected chi connectivity index (χ3v) is 7.08. The molecule has 1 N–H and O–H groups in total. The Balaban J connectivity index is 1.90. The van der Waals surface area contributed by atoms with Gasteiger partial charge in [-0.1, -0.05) is 38.5 Å². The molecule has 1 aliphatic rings. The molecule has 0 saturated carbocycles. The van der Waals surface area contributed by atoms with Gasteiger partial charge in [0.05, 0.1) is 11.1 Å². The summed E-state index contributed by atoms with van der Waals surface area (Å²) in [6.07, 6.45) is 3.18. The second-order valence-electron chi connectivity index (χ2n) is 8.42. The lowest BCUT2D eigenvalue weighted by atomic mass is 9.72. The van der Waals surface area contributed by atoms with Crippen LogP contribution in [0.25, 0.3) is 15.9 Å². The number of rotatable bonds is 1. The summed E-state index contributed by atoms with van der Waals surface area (Å²) in [4.78, 5) is 18.9. The van der Waals surface area contributed by atoms with Crippen LogP contribution in [0, 0.1) is 23.0 Å². The van der Waals surface area contributed by atoms with Crippen LogP contribution in [0.2, 0.25) is 0 Å². The van der Waals surface area contributed by atoms with Crippen molar-refractivity contribution >= 4 is 33.8 Å². The highest BCUT2D eigenvalue weighted by atomic mass is 32.1. The first kappa shape index (κ1) is 17.7. The summed E-state index contributed by atoms with van der Waals surface area (Å²) in [5.74, 6) is 0.658. The van der Waals surface area contributed by atoms with Crippen molar-refractivity contribution in [1.29, 1.82) is 0 Å². The summed E-state index contributed by atoms with van der Waals surface area (Å²) in [6, 6.07) is 7.94. The van der Waals surface area contributed by atoms with Crippen molar-refractivity contribution in [2.75, 3.05) is 0 Å². The molecule has 1 unspecified atom stereocenters. The van der Waals surface area contributed by atoms with E-state index in [1.54, 1.807) is 15.9 Å². The maximum Gasteiger partial charge on any atom is 0.267 e. The highest BCUT2D eigenvalue weighted by molar-refractivity contribution is 7.71. The van der Waals surface area contributed by atoms with Crippen LogP contribution in [-0.2, 0) is 12.8 Å². The summed E-state index contributed by atoms with van der Waals surface area (Å²) in [6.45, 7) is 8.98. The van der Waals surface area contributed by atoms with Gasteiger partial charge in [-0.3, -0.25) is 9.36 Å². The Hall–Kier alpha value is -1.72. The van der Waals surface area contributed by atoms with Crippen molar-refractivity contribution in [2.45, 2.75) is 47.0 Å². The van der Waals surface area contributed by atoms with Crippen LogP contribution in [0.15, 0.2) is 29.1 Å². The zero-order valence-corrected chi connectivity index (χ0v) is 17.3. The number of nitrogens with zero attached hydrogens (tertiary/aromatic N) is 1. The fraction of sp³-hybridized carbons (Fsp3) is 0.429. The fourth-order valence-corrected chi connectivity index (χ4v) is 5.60. The quantitative estimate of drug-likeness (QED) is 0.557. The van der Waals surface area contributed by atoms with Crippen molar-refractivity contribution in [1.82, 2.24) is 9.55 Å². The summed E-state index contributed by atoms with van der Waals surface area (Å²) < 4.78 is 2.11. The Labute approximate surface area is 162 Å². The molecule has 0 fully saturated rings. The van der Waals surface area contributed by atoms with E-state index in [-0.39, 0.29) is 5.56 Å². The van der Waals surface area contributed by atoms with Crippen LogP contribution in [0.5, 0.6) is 0 Å². The van der Waals surface area contributed by atoms with Gasteiger partial charge in [-0.05, 0) is 67.4 Å². The second-order valence-corrected chi connectivity index (χ2v) is 9.91. The highest BCUT2D eigenvalue weighted by Gasteiger charge is 2.31. The molecule has 0 amide bonds. The number of hydrogen-bond acceptors (Lipinski definition) is 3. The number of aromatic nitrogens is 2. The predicted molar refractivity (Wildman–Crippen MR) is 112 cm³/mol. The molecule has 1 atom stereocenters. The first-order valence-corrected chi connectivity index (χ1v) is 10.3. The molecule has 5 heteroatoms. The van der Waals surface area contributed by atoms with Crippen LogP contribution in [0.3, 0.4) is 0 Å². The Morgan fingerprint density at radius 1 is 1.23 bits per heavy atom. The van der Waals surface area contributed by atoms with E-state index < -0.39 is 0 Å². The number of H-pyrrole nitrogens is 1. The predicted octanol–water partition coefficient (Wildman–Crippen LogP) is 5.57. The molecule has 2 aromatic heterocycles. The van der Waals surface area contributed by atoms with Gasteiger partial charge in [0.15, 0.2) is 4.77 Å². The lowest BCUT2D eigenvalue weighted by Gasteiger charge is -2.33. The van der Waals surface area contributed by atoms with Gasteiger partial charge in [0, 0.05) is 4.88 Å². The van der Waals surface area contributed by atoms with Crippen LogP contribution < -0.4 is 5.56 Å². The van der Waals surface area contributed by atoms with Gasteiger partial charge in [-0.15, -0.1) is 11.3 Å². The number of nitrogens with one attached hydrogen (secondary N) is 1. The van der Waals surface area contributed by atoms with Gasteiger partial charge in [-0.2, -0.15) is 0 Å². The van der Waals surface area contributed by atoms with Gasteiger partial charge in [0.25, 0.3) is 5.56 Å². The zero-order chi connectivity index (χ0) is 18.6. The molecule has 4 rings (SSSR count). The normalized spacial score (nSPS) is 17.5. The number of fused-ring (bicyclic) bond motifs is 3. The molecule has 2 heterocycles. The first-order valence-electron chi connectivity index (χ1n) is 9.12. The minimum atomic E-state index is 0.0133. The first-order chi connectivity index (χ1) is 12.3. The van der Waals surface area contributed by atoms with Crippen LogP contribution >= 0.6 is 23.6 Å². The molecule has 3 aromatic rings. The van der Waals surface area contributed by atoms with E-state index in [2.05, 4.69) is 25.8 Å². The van der Waals surface area contributed by atoms with Gasteiger partial charge < -0.3 is 4.98 Å². The van der Waals surface area contributed by atoms with Crippen molar-refractivity contribution < 1.29 is 0 Å². The van der Waals surface area contributed by atoms with E-state index in [1.807, 2.05) is 31.2 Å². The van der Waals surface area contributed by atoms with Crippen molar-refractivity contribution in [3.8, 4) is 5.69 Å². The summed E-state index contributed by atoms with van der Waals surface area (Å²) in [5.41, 5.74) is 3.54. The molecule has 136 valence electrons. The summed E-state index contributed by atoms with van der Waals surface area (Å²) >= 11 is 7.24. The molecular weight excluding hydrogens is 360 g/mol. The van der Waals surface area contributed by atoms with Gasteiger partial charge in [0.1, 0.15) is 4.83 Å². The molecule has 0 bridgehead atoms. The Morgan fingerprint density at radius 3 is 2.58 bits per heavy atom. The number of thiophene rings is 1. The number of aromatic amines is 1. The van der Waals surface area contributed by atoms with E-state index in [4.69, 9.17) is 12.2 Å². The van der Waals surface area contributed by atoms with Gasteiger partial charge >= 0.3 is 0 Å². The third-order valence-electron chi connectivity index (χ3n) is 5.62. The lowest BCUT2D eigenvalue weighted by molar-refractivity contribution is 0.218. The van der Waals surface area contributed by atoms with Gasteiger partial charge in [0.2, 0.25) is 0 Å². The third kappa shape index (κ3) is 2.87. The van der Waals surface area contributed by atoms with Crippen LogP contribution in [0.4, 0.5) is 0 Å². The van der Waals surface area contributed by atoms with Gasteiger partial charge in [-0.25, -0.2) is 0 Å². The maximum absolute atomic E-state index is 13.3. The number of aryl methyl sites for hydroxylation is 2. The van der Waals surface area contributed by atoms with Crippen LogP contribution in [-0.4, -0.2) is 9.55 Å². The molecule has 0 radical (unpaired) electrons. The monoisotopic (exact) mass is 384 g/mol. The lowest BCUT2D eigenvalue weighted by Crippen LogP contribution is -2.27. The average molecular weight is 385 g/mol. The standard InChI is InChI=1S/C21H24N2OS2/c1-12-5-8-14(9-6-12)23-19(24)17-15-10-7-13(21(2,3)4)11-16(15)26-18(17)22-20(23)25/h5-6,8-9,13H,7,10-11H2,1-4H3,(H,22,25). The average Bonchev–Trinajstić information content (AvgIpc) is 2.93. The van der Waals surface area contributed by atoms with Crippen molar-refractivity contribution in [2.24, 2.45) is 11.3 Å². The van der Waals surface area contributed by atoms with E-state index in [1.165, 1.54) is 16.0 Å². The summed E-state index contributed by atoms with van der Waals surface area (Å²) in [5, 5.41) is 0.839. The van der Waals surface area contributed by atoms with E-state index in [0.717, 1.165) is 35.2 Å². The smallest absolute Gasteiger partial charge is 0.267 e. The molecule has 0 spiro atoms. The summed E-state index contributed by atoms with van der Waals surface area (Å²) in [7, 11) is 0. The second kappa shape index (κ2) is 6.17. The zero-order valence-electron chi connectivity index (χ0n) is 15.7. The Kier molecular flexibility index (Phi) is 4.20. The Bertz CT molecular complexity index is 1090. The minimum absolute atomic E-state index is 0.0133. The topological polar surface area (TPSA) is 37.8 Å². The molecular formula is C21H24N2OS2. The SMILES string of the molecule is Cc1ccc(-n2c(=S)[nH]c3sc4c(c3c2=O)CCC(C(C)(C)C)C4)cc1. The van der Waals surface area contributed by atoms with Crippen molar-refractivity contribution in [3.63, 3.8) is 0 Å². The maximum atomic E-state index is 13.3. The molecule has 0 saturated heterocycles. The molecule has 26 heavy (non-hydrogen) atoms. The number of hydrogen-bond donors (Lipinski definition) is 1. The van der Waals surface area contributed by atoms with E-state index in [0.29, 0.717) is 16.1 Å². The van der Waals surface area contributed by atoms with Crippen LogP contribution in [0.1, 0.15) is 43.2 Å². The minimum Gasteiger partial charge on any atom is -0.323 e.